The first-order valence-corrected chi connectivity index (χ1v) is 28.5. The largest absolute Gasteiger partial charge is 0.493 e. The van der Waals surface area contributed by atoms with Gasteiger partial charge in [-0.3, -0.25) is 18.5 Å². The van der Waals surface area contributed by atoms with Crippen molar-refractivity contribution < 1.29 is 31.1 Å². The van der Waals surface area contributed by atoms with Crippen molar-refractivity contribution in [3.8, 4) is 11.5 Å². The fourth-order valence-electron chi connectivity index (χ4n) is 8.25. The van der Waals surface area contributed by atoms with Crippen molar-refractivity contribution in [2.24, 2.45) is 4.99 Å². The molecule has 5 aromatic rings. The molecule has 6 rings (SSSR count). The van der Waals surface area contributed by atoms with Crippen LogP contribution in [0.2, 0.25) is 15.1 Å². The second-order valence-corrected chi connectivity index (χ2v) is 22.3. The van der Waals surface area contributed by atoms with Crippen LogP contribution in [0.1, 0.15) is 128 Å². The number of fused-ring (bicyclic) bond motifs is 1. The van der Waals surface area contributed by atoms with Gasteiger partial charge in [0, 0.05) is 31.0 Å². The molecule has 1 amide bonds. The molecular weight excluding hydrogens is 991 g/mol. The van der Waals surface area contributed by atoms with Gasteiger partial charge in [0.25, 0.3) is 26.0 Å². The number of hydrogen-bond donors (Lipinski definition) is 2. The van der Waals surface area contributed by atoms with Crippen LogP contribution in [-0.2, 0) is 24.8 Å². The number of aliphatic imine (C=N–C) groups is 1. The zero-order valence-corrected chi connectivity index (χ0v) is 44.0. The van der Waals surface area contributed by atoms with Gasteiger partial charge >= 0.3 is 0 Å². The quantitative estimate of drug-likeness (QED) is 0.0339. The lowest BCUT2D eigenvalue weighted by Gasteiger charge is -2.33. The number of nitrogens with zero attached hydrogens (tertiary/aromatic N) is 4. The minimum atomic E-state index is -4.07. The van der Waals surface area contributed by atoms with Crippen LogP contribution in [-0.4, -0.2) is 62.4 Å². The topological polar surface area (TPSA) is 161 Å². The Balaban J connectivity index is 1.03. The SMILES string of the molecule is CCCCCCCCCCCCCCCCCCN1C(C(C(=O)Nc2cc(C)ccc2OCCCOc2ccc(NS(=O)(=O)c3cc(Cl)c(Cl)cc3Cl)cc2)n2cccn2)=Nc2ccccc2S1(=O)=O. The molecule has 1 aliphatic heterocycles. The number of hydrogen-bond acceptors (Lipinski definition) is 9. The van der Waals surface area contributed by atoms with Crippen LogP contribution in [0.4, 0.5) is 17.1 Å². The fourth-order valence-corrected chi connectivity index (χ4v) is 11.9. The number of anilines is 2. The van der Waals surface area contributed by atoms with E-state index in [1.165, 1.54) is 98.2 Å². The lowest BCUT2D eigenvalue weighted by atomic mass is 10.0. The number of aromatic nitrogens is 2. The normalized spacial score (nSPS) is 13.6. The maximum Gasteiger partial charge on any atom is 0.267 e. The van der Waals surface area contributed by atoms with Gasteiger partial charge in [-0.1, -0.05) is 156 Å². The molecule has 0 fully saturated rings. The Morgan fingerprint density at radius 1 is 0.714 bits per heavy atom. The van der Waals surface area contributed by atoms with Crippen molar-refractivity contribution in [2.75, 3.05) is 29.8 Å². The highest BCUT2D eigenvalue weighted by molar-refractivity contribution is 7.92. The number of halogens is 3. The van der Waals surface area contributed by atoms with Gasteiger partial charge < -0.3 is 14.8 Å². The van der Waals surface area contributed by atoms with E-state index in [-0.39, 0.29) is 61.8 Å². The minimum absolute atomic E-state index is 0.0557. The van der Waals surface area contributed by atoms with Gasteiger partial charge in [-0.15, -0.1) is 0 Å². The Bertz CT molecular complexity index is 2720. The van der Waals surface area contributed by atoms with E-state index in [1.807, 2.05) is 13.0 Å². The van der Waals surface area contributed by atoms with Crippen molar-refractivity contribution in [2.45, 2.75) is 139 Å². The highest BCUT2D eigenvalue weighted by Gasteiger charge is 2.41. The van der Waals surface area contributed by atoms with E-state index >= 15 is 0 Å². The summed E-state index contributed by atoms with van der Waals surface area (Å²) in [7, 11) is -8.13. The first kappa shape index (κ1) is 54.5. The van der Waals surface area contributed by atoms with Gasteiger partial charge in [0.1, 0.15) is 21.3 Å². The predicted molar refractivity (Wildman–Crippen MR) is 282 cm³/mol. The number of carbonyl (C=O) groups excluding carboxylic acids is 1. The number of benzene rings is 4. The summed E-state index contributed by atoms with van der Waals surface area (Å²) in [4.78, 5) is 19.4. The van der Waals surface area contributed by atoms with Gasteiger partial charge in [-0.05, 0) is 85.6 Å². The lowest BCUT2D eigenvalue weighted by Crippen LogP contribution is -2.47. The average Bonchev–Trinajstić information content (AvgIpc) is 3.86. The second kappa shape index (κ2) is 27.1. The first-order valence-electron chi connectivity index (χ1n) is 24.4. The molecule has 0 radical (unpaired) electrons. The summed E-state index contributed by atoms with van der Waals surface area (Å²) in [5.41, 5.74) is 1.81. The molecule has 1 unspecified atom stereocenters. The average molecular weight is 1060 g/mol. The van der Waals surface area contributed by atoms with E-state index in [4.69, 9.17) is 49.3 Å². The molecule has 70 heavy (non-hydrogen) atoms. The molecule has 0 aliphatic carbocycles. The number of carbonyl (C=O) groups is 1. The number of aryl methyl sites for hydroxylation is 1. The smallest absolute Gasteiger partial charge is 0.267 e. The standard InChI is InChI=1S/C52H65Cl3N6O7S2/c1-3-4-5-6-7-8-9-10-11-12-13-14-15-16-17-20-33-61-51(57-45-23-18-19-24-48(45)70(61,65)66)50(60-32-21-31-56-60)52(62)58-46-36-39(2)25-30-47(46)68-35-22-34-67-41-28-26-40(27-29-41)59-69(63,64)49-38-43(54)42(53)37-44(49)55/h18-19,21,23-32,36-38,50,59H,3-17,20,22,33-35H2,1-2H3,(H,58,62). The Morgan fingerprint density at radius 3 is 1.97 bits per heavy atom. The van der Waals surface area contributed by atoms with Crippen LogP contribution < -0.4 is 19.5 Å². The van der Waals surface area contributed by atoms with E-state index in [2.05, 4.69) is 22.1 Å². The molecule has 2 N–H and O–H groups in total. The minimum Gasteiger partial charge on any atom is -0.493 e. The van der Waals surface area contributed by atoms with E-state index in [1.54, 1.807) is 79.1 Å². The number of rotatable bonds is 30. The van der Waals surface area contributed by atoms with Crippen molar-refractivity contribution in [1.82, 2.24) is 14.1 Å². The fraction of sp³-hybridized carbons (Fsp3) is 0.442. The molecule has 1 atom stereocenters. The molecule has 1 aromatic heterocycles. The Hall–Kier alpha value is -4.80. The molecule has 2 heterocycles. The molecule has 0 spiro atoms. The molecular formula is C52H65Cl3N6O7S2. The summed E-state index contributed by atoms with van der Waals surface area (Å²) in [6, 6.07) is 21.3. The van der Waals surface area contributed by atoms with Crippen LogP contribution in [0.3, 0.4) is 0 Å². The van der Waals surface area contributed by atoms with Gasteiger partial charge in [0.15, 0.2) is 11.9 Å². The Morgan fingerprint density at radius 2 is 1.33 bits per heavy atom. The predicted octanol–water partition coefficient (Wildman–Crippen LogP) is 14.0. The van der Waals surface area contributed by atoms with E-state index in [0.29, 0.717) is 30.0 Å². The van der Waals surface area contributed by atoms with Crippen LogP contribution in [0.25, 0.3) is 0 Å². The maximum absolute atomic E-state index is 14.6. The molecule has 0 saturated carbocycles. The van der Waals surface area contributed by atoms with Crippen molar-refractivity contribution >= 4 is 83.7 Å². The summed E-state index contributed by atoms with van der Waals surface area (Å²) in [6.45, 7) is 4.81. The van der Waals surface area contributed by atoms with Gasteiger partial charge in [-0.25, -0.2) is 21.8 Å². The summed E-state index contributed by atoms with van der Waals surface area (Å²) in [5.74, 6) is 0.432. The van der Waals surface area contributed by atoms with Crippen LogP contribution in [0, 0.1) is 6.92 Å². The third-order valence-corrected chi connectivity index (χ3v) is 16.4. The Labute approximate surface area is 429 Å². The number of para-hydroxylation sites is 1. The van der Waals surface area contributed by atoms with Gasteiger partial charge in [0.2, 0.25) is 0 Å². The van der Waals surface area contributed by atoms with Crippen LogP contribution in [0.15, 0.2) is 112 Å². The third-order valence-electron chi connectivity index (χ3n) is 12.0. The third kappa shape index (κ3) is 15.6. The van der Waals surface area contributed by atoms with Crippen LogP contribution in [0.5, 0.6) is 11.5 Å². The number of unbranched alkanes of at least 4 members (excludes halogenated alkanes) is 15. The molecule has 13 nitrogen and oxygen atoms in total. The second-order valence-electron chi connectivity index (χ2n) is 17.6. The Kier molecular flexibility index (Phi) is 21.1. The number of nitrogens with one attached hydrogen (secondary N) is 2. The number of amides is 1. The summed E-state index contributed by atoms with van der Waals surface area (Å²) in [6.07, 6.45) is 22.9. The summed E-state index contributed by atoms with van der Waals surface area (Å²) in [5, 5.41) is 7.55. The van der Waals surface area contributed by atoms with Crippen molar-refractivity contribution in [3.63, 3.8) is 0 Å². The number of ether oxygens (including phenoxy) is 2. The molecule has 4 aromatic carbocycles. The number of sulfonamides is 2. The lowest BCUT2D eigenvalue weighted by molar-refractivity contribution is -0.117. The van der Waals surface area contributed by atoms with Crippen molar-refractivity contribution in [1.29, 1.82) is 0 Å². The molecule has 378 valence electrons. The first-order chi connectivity index (χ1) is 33.8. The zero-order valence-electron chi connectivity index (χ0n) is 40.1. The maximum atomic E-state index is 14.6. The molecule has 1 aliphatic rings. The van der Waals surface area contributed by atoms with Gasteiger partial charge in [-0.2, -0.15) is 5.10 Å². The molecule has 0 saturated heterocycles. The molecule has 18 heteroatoms. The van der Waals surface area contributed by atoms with E-state index in [0.717, 1.165) is 24.8 Å². The highest BCUT2D eigenvalue weighted by atomic mass is 35.5. The van der Waals surface area contributed by atoms with Crippen LogP contribution >= 0.6 is 34.8 Å². The van der Waals surface area contributed by atoms with E-state index in [9.17, 15) is 21.6 Å². The zero-order chi connectivity index (χ0) is 49.9. The summed E-state index contributed by atoms with van der Waals surface area (Å²) < 4.78 is 72.0. The monoisotopic (exact) mass is 1050 g/mol. The molecule has 0 bridgehead atoms. The summed E-state index contributed by atoms with van der Waals surface area (Å²) >= 11 is 18.1. The van der Waals surface area contributed by atoms with E-state index < -0.39 is 32.0 Å². The van der Waals surface area contributed by atoms with Gasteiger partial charge in [0.05, 0.1) is 39.7 Å². The highest BCUT2D eigenvalue weighted by Crippen LogP contribution is 2.37. The van der Waals surface area contributed by atoms with Crippen molar-refractivity contribution in [3.05, 3.63) is 118 Å². The number of amidine groups is 1.